The summed E-state index contributed by atoms with van der Waals surface area (Å²) in [5, 5.41) is 24.5. The van der Waals surface area contributed by atoms with Gasteiger partial charge >= 0.3 is 16.3 Å². The van der Waals surface area contributed by atoms with Crippen LogP contribution in [0.4, 0.5) is 16.4 Å². The lowest BCUT2D eigenvalue weighted by molar-refractivity contribution is 0.145. The third kappa shape index (κ3) is 7.98. The van der Waals surface area contributed by atoms with Gasteiger partial charge in [0.1, 0.15) is 11.6 Å². The highest BCUT2D eigenvalue weighted by molar-refractivity contribution is 7.87. The van der Waals surface area contributed by atoms with Crippen molar-refractivity contribution < 1.29 is 26.7 Å². The van der Waals surface area contributed by atoms with Crippen LogP contribution in [0.5, 0.6) is 0 Å². The van der Waals surface area contributed by atoms with Gasteiger partial charge in [-0.1, -0.05) is 0 Å². The molecule has 3 rings (SSSR count). The number of anilines is 2. The van der Waals surface area contributed by atoms with Gasteiger partial charge in [0.2, 0.25) is 0 Å². The molecule has 0 atom stereocenters. The summed E-state index contributed by atoms with van der Waals surface area (Å²) < 4.78 is 46.2. The van der Waals surface area contributed by atoms with Gasteiger partial charge in [0, 0.05) is 25.0 Å². The van der Waals surface area contributed by atoms with Crippen LogP contribution in [0.15, 0.2) is 17.1 Å². The molecule has 0 radical (unpaired) electrons. The number of carbonyl (C=O) groups is 1. The fraction of sp³-hybridized carbons (Fsp3) is 0.556. The van der Waals surface area contributed by atoms with Crippen LogP contribution in [-0.2, 0) is 20.4 Å². The van der Waals surface area contributed by atoms with Crippen molar-refractivity contribution in [2.45, 2.75) is 39.2 Å². The molecule has 1 amide bonds. The summed E-state index contributed by atoms with van der Waals surface area (Å²) in [5.74, 6) is 0.798. The monoisotopic (exact) mass is 549 g/mol. The average molecular weight is 550 g/mol. The van der Waals surface area contributed by atoms with Gasteiger partial charge in [0.25, 0.3) is 15.8 Å². The summed E-state index contributed by atoms with van der Waals surface area (Å²) in [6, 6.07) is 1.75. The standard InChI is InChI=1S/C18H27N7O5S.H4N2O2S/c1-18(2,3)25(17(27)28)31(29,30)21-9-11-4-6-24(7-5-11)13-8-12-10-20-23-16(26)14(12)15(19)22-13;1-5(2,3)4/h8,10-11,21H,4-7,9H2,1-3H3,(H2,19,22)(H,23,26)(H,27,28);(H4,1,2,3,4). The molecule has 2 aromatic rings. The molecular formula is C18H31N9O7S2. The summed E-state index contributed by atoms with van der Waals surface area (Å²) >= 11 is 0. The Hall–Kier alpha value is -3.06. The molecular weight excluding hydrogens is 518 g/mol. The number of H-pyrrole nitrogens is 1. The number of piperidine rings is 1. The minimum Gasteiger partial charge on any atom is -0.464 e. The largest absolute Gasteiger partial charge is 0.464 e. The molecule has 0 bridgehead atoms. The zero-order chi connectivity index (χ0) is 27.5. The highest BCUT2D eigenvalue weighted by Crippen LogP contribution is 2.26. The highest BCUT2D eigenvalue weighted by atomic mass is 32.2. The first-order valence-corrected chi connectivity index (χ1v) is 13.7. The van der Waals surface area contributed by atoms with Crippen LogP contribution in [0.2, 0.25) is 0 Å². The molecule has 1 aliphatic heterocycles. The van der Waals surface area contributed by atoms with E-state index < -0.39 is 37.6 Å². The van der Waals surface area contributed by atoms with Crippen molar-refractivity contribution in [1.29, 1.82) is 0 Å². The Kier molecular flexibility index (Phi) is 8.84. The Balaban J connectivity index is 0.000000830. The van der Waals surface area contributed by atoms with Crippen LogP contribution in [0.1, 0.15) is 33.6 Å². The number of aromatic nitrogens is 3. The predicted molar refractivity (Wildman–Crippen MR) is 133 cm³/mol. The first-order chi connectivity index (χ1) is 16.4. The fourth-order valence-electron chi connectivity index (χ4n) is 3.70. The molecule has 3 heterocycles. The van der Waals surface area contributed by atoms with E-state index in [-0.39, 0.29) is 18.3 Å². The third-order valence-electron chi connectivity index (χ3n) is 5.18. The van der Waals surface area contributed by atoms with Gasteiger partial charge in [-0.3, -0.25) is 4.79 Å². The molecule has 0 aromatic carbocycles. The van der Waals surface area contributed by atoms with Crippen LogP contribution < -0.4 is 31.2 Å². The first-order valence-electron chi connectivity index (χ1n) is 10.6. The maximum Gasteiger partial charge on any atom is 0.422 e. The van der Waals surface area contributed by atoms with Gasteiger partial charge in [-0.2, -0.15) is 31.0 Å². The molecule has 2 aromatic heterocycles. The van der Waals surface area contributed by atoms with Crippen molar-refractivity contribution in [1.82, 2.24) is 24.2 Å². The maximum absolute atomic E-state index is 12.5. The Labute approximate surface area is 208 Å². The topological polar surface area (TPSA) is 261 Å². The number of fused-ring (bicyclic) bond motifs is 1. The quantitative estimate of drug-likeness (QED) is 0.260. The second-order valence-corrected chi connectivity index (χ2v) is 11.9. The summed E-state index contributed by atoms with van der Waals surface area (Å²) in [4.78, 5) is 29.7. The van der Waals surface area contributed by atoms with Gasteiger partial charge < -0.3 is 15.7 Å². The molecule has 16 nitrogen and oxygen atoms in total. The van der Waals surface area contributed by atoms with Gasteiger partial charge in [0.15, 0.2) is 0 Å². The van der Waals surface area contributed by atoms with E-state index in [1.54, 1.807) is 6.07 Å². The maximum atomic E-state index is 12.5. The Morgan fingerprint density at radius 2 is 1.81 bits per heavy atom. The Morgan fingerprint density at radius 1 is 1.25 bits per heavy atom. The lowest BCUT2D eigenvalue weighted by atomic mass is 9.97. The molecule has 0 saturated carbocycles. The summed E-state index contributed by atoms with van der Waals surface area (Å²) in [6.07, 6.45) is 1.35. The van der Waals surface area contributed by atoms with Gasteiger partial charge in [-0.05, 0) is 45.6 Å². The van der Waals surface area contributed by atoms with Gasteiger partial charge in [-0.25, -0.2) is 25.2 Å². The second kappa shape index (κ2) is 10.9. The summed E-state index contributed by atoms with van der Waals surface area (Å²) in [7, 11) is -7.84. The van der Waals surface area contributed by atoms with Crippen LogP contribution in [-0.4, -0.2) is 72.7 Å². The molecule has 1 fully saturated rings. The van der Waals surface area contributed by atoms with E-state index in [4.69, 9.17) is 5.73 Å². The second-order valence-electron chi connectivity index (χ2n) is 9.12. The van der Waals surface area contributed by atoms with Crippen LogP contribution in [0.3, 0.4) is 0 Å². The van der Waals surface area contributed by atoms with Crippen LogP contribution in [0, 0.1) is 5.92 Å². The van der Waals surface area contributed by atoms with Gasteiger partial charge in [0.05, 0.1) is 17.1 Å². The van der Waals surface area contributed by atoms with Crippen molar-refractivity contribution in [3.05, 3.63) is 22.6 Å². The van der Waals surface area contributed by atoms with Crippen LogP contribution >= 0.6 is 0 Å². The molecule has 36 heavy (non-hydrogen) atoms. The molecule has 0 spiro atoms. The van der Waals surface area contributed by atoms with Crippen molar-refractivity contribution in [3.63, 3.8) is 0 Å². The van der Waals surface area contributed by atoms with E-state index in [2.05, 4.69) is 30.2 Å². The van der Waals surface area contributed by atoms with E-state index in [1.807, 2.05) is 4.90 Å². The fourth-order valence-corrected chi connectivity index (χ4v) is 5.20. The number of rotatable bonds is 5. The lowest BCUT2D eigenvalue weighted by Crippen LogP contribution is -2.54. The van der Waals surface area contributed by atoms with Crippen molar-refractivity contribution in [2.24, 2.45) is 16.2 Å². The highest BCUT2D eigenvalue weighted by Gasteiger charge is 2.37. The minimum absolute atomic E-state index is 0.0453. The van der Waals surface area contributed by atoms with E-state index in [1.165, 1.54) is 27.0 Å². The molecule has 18 heteroatoms. The number of amides is 1. The Morgan fingerprint density at radius 3 is 2.31 bits per heavy atom. The predicted octanol–water partition coefficient (Wildman–Crippen LogP) is -1.12. The number of pyridine rings is 1. The van der Waals surface area contributed by atoms with Crippen LogP contribution in [0.25, 0.3) is 10.8 Å². The lowest BCUT2D eigenvalue weighted by Gasteiger charge is -2.35. The number of hydrogen-bond donors (Lipinski definition) is 6. The number of carboxylic acid groups (broad SMARTS) is 1. The van der Waals surface area contributed by atoms with E-state index >= 15 is 0 Å². The first kappa shape index (κ1) is 29.2. The molecule has 1 saturated heterocycles. The molecule has 1 aliphatic rings. The summed E-state index contributed by atoms with van der Waals surface area (Å²) in [6.45, 7) is 5.92. The molecule has 9 N–H and O–H groups in total. The van der Waals surface area contributed by atoms with Crippen molar-refractivity contribution in [3.8, 4) is 0 Å². The van der Waals surface area contributed by atoms with Gasteiger partial charge in [-0.15, -0.1) is 0 Å². The van der Waals surface area contributed by atoms with Crippen molar-refractivity contribution in [2.75, 3.05) is 30.3 Å². The average Bonchev–Trinajstić information content (AvgIpc) is 2.69. The normalized spacial score (nSPS) is 15.3. The summed E-state index contributed by atoms with van der Waals surface area (Å²) in [5.41, 5.74) is 4.46. The molecule has 0 aliphatic carbocycles. The number of aromatic amines is 1. The third-order valence-corrected chi connectivity index (χ3v) is 6.89. The van der Waals surface area contributed by atoms with E-state index in [0.717, 1.165) is 0 Å². The number of nitrogens with one attached hydrogen (secondary N) is 2. The number of hydrogen-bond acceptors (Lipinski definition) is 10. The van der Waals surface area contributed by atoms with Crippen molar-refractivity contribution >= 4 is 48.9 Å². The minimum atomic E-state index is -4.18. The number of nitrogens with two attached hydrogens (primary N) is 3. The van der Waals surface area contributed by atoms with E-state index in [9.17, 15) is 31.5 Å². The molecule has 0 unspecified atom stereocenters. The zero-order valence-electron chi connectivity index (χ0n) is 20.0. The number of nitrogen functional groups attached to an aromatic ring is 1. The SMILES string of the molecule is CC(C)(C)N(C(=O)O)S(=O)(=O)NCC1CCN(c2cc3cn[nH]c(=O)c3c(N)n2)CC1.NS(N)(=O)=O. The smallest absolute Gasteiger partial charge is 0.422 e. The van der Waals surface area contributed by atoms with E-state index in [0.29, 0.717) is 46.8 Å². The molecule has 202 valence electrons. The number of nitrogens with zero attached hydrogens (tertiary/aromatic N) is 4. The zero-order valence-corrected chi connectivity index (χ0v) is 21.6. The Bertz CT molecular complexity index is 1360.